The van der Waals surface area contributed by atoms with E-state index in [1.165, 1.54) is 18.2 Å². The molecular weight excluding hydrogens is 274 g/mol. The first-order valence-corrected chi connectivity index (χ1v) is 6.07. The maximum Gasteiger partial charge on any atom is 0.273 e. The van der Waals surface area contributed by atoms with Gasteiger partial charge in [-0.2, -0.15) is 0 Å². The van der Waals surface area contributed by atoms with E-state index in [-0.39, 0.29) is 28.2 Å². The van der Waals surface area contributed by atoms with Crippen molar-refractivity contribution in [2.24, 2.45) is 0 Å². The summed E-state index contributed by atoms with van der Waals surface area (Å²) in [6.07, 6.45) is 0. The van der Waals surface area contributed by atoms with Crippen molar-refractivity contribution >= 4 is 22.4 Å². The number of fused-ring (bicyclic) bond motifs is 1. The molecule has 104 valence electrons. The van der Waals surface area contributed by atoms with Gasteiger partial charge in [-0.15, -0.1) is 0 Å². The molecule has 0 bridgehead atoms. The number of hydrogen-bond acceptors (Lipinski definition) is 5. The van der Waals surface area contributed by atoms with Gasteiger partial charge in [0, 0.05) is 11.6 Å². The van der Waals surface area contributed by atoms with Crippen LogP contribution in [0.1, 0.15) is 16.1 Å². The summed E-state index contributed by atoms with van der Waals surface area (Å²) in [5.41, 5.74) is 0.289. The average molecular weight is 283 g/mol. The van der Waals surface area contributed by atoms with Gasteiger partial charge in [0.25, 0.3) is 5.69 Å². The minimum atomic E-state index is -0.572. The second-order valence-electron chi connectivity index (χ2n) is 4.41. The van der Waals surface area contributed by atoms with Crippen molar-refractivity contribution in [2.75, 3.05) is 0 Å². The minimum absolute atomic E-state index is 0.0981. The second-order valence-corrected chi connectivity index (χ2v) is 4.41. The molecule has 6 nitrogen and oxygen atoms in total. The highest BCUT2D eigenvalue weighted by molar-refractivity contribution is 6.11. The fourth-order valence-corrected chi connectivity index (χ4v) is 2.06. The van der Waals surface area contributed by atoms with E-state index in [0.717, 1.165) is 0 Å². The summed E-state index contributed by atoms with van der Waals surface area (Å²) in [5, 5.41) is 21.1. The van der Waals surface area contributed by atoms with Crippen LogP contribution in [0, 0.1) is 10.1 Å². The summed E-state index contributed by atoms with van der Waals surface area (Å²) in [6.45, 7) is 0. The Morgan fingerprint density at radius 2 is 1.86 bits per heavy atom. The average Bonchev–Trinajstić information content (AvgIpc) is 2.84. The molecule has 0 radical (unpaired) electrons. The van der Waals surface area contributed by atoms with E-state index in [4.69, 9.17) is 4.42 Å². The van der Waals surface area contributed by atoms with Gasteiger partial charge in [0.15, 0.2) is 5.75 Å². The van der Waals surface area contributed by atoms with Gasteiger partial charge in [0.05, 0.1) is 16.4 Å². The van der Waals surface area contributed by atoms with Crippen LogP contribution in [0.5, 0.6) is 5.75 Å². The van der Waals surface area contributed by atoms with Crippen LogP contribution in [0.4, 0.5) is 5.69 Å². The number of carbonyl (C=O) groups is 1. The summed E-state index contributed by atoms with van der Waals surface area (Å²) in [6, 6.07) is 12.1. The van der Waals surface area contributed by atoms with Crippen molar-refractivity contribution in [3.05, 3.63) is 70.0 Å². The van der Waals surface area contributed by atoms with Crippen molar-refractivity contribution in [1.29, 1.82) is 0 Å². The zero-order valence-electron chi connectivity index (χ0n) is 10.6. The Labute approximate surface area is 118 Å². The first-order chi connectivity index (χ1) is 10.1. The van der Waals surface area contributed by atoms with Gasteiger partial charge in [-0.1, -0.05) is 30.3 Å². The summed E-state index contributed by atoms with van der Waals surface area (Å²) >= 11 is 0. The molecule has 1 heterocycles. The number of carbonyl (C=O) groups excluding carboxylic acids is 1. The lowest BCUT2D eigenvalue weighted by Gasteiger charge is -1.97. The van der Waals surface area contributed by atoms with Gasteiger partial charge in [-0.25, -0.2) is 0 Å². The highest BCUT2D eigenvalue weighted by Gasteiger charge is 2.22. The van der Waals surface area contributed by atoms with Crippen molar-refractivity contribution in [3.63, 3.8) is 0 Å². The largest absolute Gasteiger partial charge is 0.504 e. The lowest BCUT2D eigenvalue weighted by Crippen LogP contribution is -1.99. The molecule has 0 aliphatic carbocycles. The molecule has 21 heavy (non-hydrogen) atoms. The van der Waals surface area contributed by atoms with Gasteiger partial charge in [0.2, 0.25) is 11.5 Å². The summed E-state index contributed by atoms with van der Waals surface area (Å²) in [7, 11) is 0. The molecule has 1 N–H and O–H groups in total. The van der Waals surface area contributed by atoms with E-state index < -0.39 is 10.7 Å². The molecule has 0 spiro atoms. The Morgan fingerprint density at radius 1 is 1.14 bits per heavy atom. The lowest BCUT2D eigenvalue weighted by molar-refractivity contribution is -0.384. The molecule has 0 aliphatic rings. The molecule has 0 amide bonds. The van der Waals surface area contributed by atoms with Crippen LogP contribution in [0.15, 0.2) is 52.9 Å². The zero-order chi connectivity index (χ0) is 15.0. The lowest BCUT2D eigenvalue weighted by atomic mass is 10.1. The highest BCUT2D eigenvalue weighted by atomic mass is 16.6. The zero-order valence-corrected chi connectivity index (χ0v) is 10.6. The van der Waals surface area contributed by atoms with Crippen molar-refractivity contribution in [2.45, 2.75) is 0 Å². The van der Waals surface area contributed by atoms with Crippen LogP contribution in [-0.4, -0.2) is 15.8 Å². The van der Waals surface area contributed by atoms with E-state index in [1.54, 1.807) is 30.3 Å². The monoisotopic (exact) mass is 283 g/mol. The number of hydrogen-bond donors (Lipinski definition) is 1. The molecule has 1 aromatic heterocycles. The highest BCUT2D eigenvalue weighted by Crippen LogP contribution is 2.35. The SMILES string of the molecule is O=C(c1ccccc1)c1oc2cc([N+](=O)[O-])ccc2c1O. The van der Waals surface area contributed by atoms with Crippen LogP contribution in [-0.2, 0) is 0 Å². The summed E-state index contributed by atoms with van der Waals surface area (Å²) < 4.78 is 5.30. The maximum absolute atomic E-state index is 12.3. The van der Waals surface area contributed by atoms with Crippen LogP contribution in [0.25, 0.3) is 11.0 Å². The number of non-ortho nitro benzene ring substituents is 1. The summed E-state index contributed by atoms with van der Waals surface area (Å²) in [4.78, 5) is 22.4. The minimum Gasteiger partial charge on any atom is -0.504 e. The molecular formula is C15H9NO5. The molecule has 3 aromatic rings. The van der Waals surface area contributed by atoms with E-state index in [0.29, 0.717) is 5.56 Å². The third kappa shape index (κ3) is 2.12. The normalized spacial score (nSPS) is 10.7. The Kier molecular flexibility index (Phi) is 2.91. The molecule has 0 fully saturated rings. The van der Waals surface area contributed by atoms with E-state index >= 15 is 0 Å². The van der Waals surface area contributed by atoms with E-state index in [1.807, 2.05) is 0 Å². The van der Waals surface area contributed by atoms with Gasteiger partial charge in [-0.05, 0) is 6.07 Å². The first-order valence-electron chi connectivity index (χ1n) is 6.07. The molecule has 2 aromatic carbocycles. The predicted molar refractivity (Wildman–Crippen MR) is 74.4 cm³/mol. The second kappa shape index (κ2) is 4.75. The molecule has 0 saturated carbocycles. The van der Waals surface area contributed by atoms with Crippen LogP contribution in [0.2, 0.25) is 0 Å². The molecule has 0 unspecified atom stereocenters. The fourth-order valence-electron chi connectivity index (χ4n) is 2.06. The molecule has 0 atom stereocenters. The van der Waals surface area contributed by atoms with Crippen LogP contribution >= 0.6 is 0 Å². The Morgan fingerprint density at radius 3 is 2.52 bits per heavy atom. The molecule has 0 saturated heterocycles. The topological polar surface area (TPSA) is 93.6 Å². The molecule has 3 rings (SSSR count). The van der Waals surface area contributed by atoms with Crippen molar-refractivity contribution < 1.29 is 19.2 Å². The van der Waals surface area contributed by atoms with Gasteiger partial charge in [-0.3, -0.25) is 14.9 Å². The van der Waals surface area contributed by atoms with Gasteiger partial charge < -0.3 is 9.52 Å². The first kappa shape index (κ1) is 12.9. The van der Waals surface area contributed by atoms with E-state index in [2.05, 4.69) is 0 Å². The number of ketones is 1. The quantitative estimate of drug-likeness (QED) is 0.452. The third-order valence-corrected chi connectivity index (χ3v) is 3.10. The van der Waals surface area contributed by atoms with E-state index in [9.17, 15) is 20.0 Å². The van der Waals surface area contributed by atoms with Gasteiger partial charge >= 0.3 is 0 Å². The van der Waals surface area contributed by atoms with Crippen molar-refractivity contribution in [3.8, 4) is 5.75 Å². The number of aromatic hydroxyl groups is 1. The Hall–Kier alpha value is -3.15. The number of benzene rings is 2. The Bertz CT molecular complexity index is 851. The van der Waals surface area contributed by atoms with Crippen LogP contribution in [0.3, 0.4) is 0 Å². The number of rotatable bonds is 3. The number of nitrogens with zero attached hydrogens (tertiary/aromatic N) is 1. The fraction of sp³-hybridized carbons (Fsp3) is 0. The van der Waals surface area contributed by atoms with Gasteiger partial charge in [0.1, 0.15) is 5.58 Å². The smallest absolute Gasteiger partial charge is 0.273 e. The summed E-state index contributed by atoms with van der Waals surface area (Å²) in [5.74, 6) is -1.02. The standard InChI is InChI=1S/C15H9NO5/c17-13(9-4-2-1-3-5-9)15-14(18)11-7-6-10(16(19)20)8-12(11)21-15/h1-8,18H. The van der Waals surface area contributed by atoms with Crippen molar-refractivity contribution in [1.82, 2.24) is 0 Å². The van der Waals surface area contributed by atoms with Crippen LogP contribution < -0.4 is 0 Å². The number of nitro benzene ring substituents is 1. The third-order valence-electron chi connectivity index (χ3n) is 3.10. The number of nitro groups is 1. The predicted octanol–water partition coefficient (Wildman–Crippen LogP) is 3.28. The molecule has 6 heteroatoms. The number of furan rings is 1. The Balaban J connectivity index is 2.14. The maximum atomic E-state index is 12.3. The molecule has 0 aliphatic heterocycles.